The van der Waals surface area contributed by atoms with Gasteiger partial charge >= 0.3 is 0 Å². The van der Waals surface area contributed by atoms with E-state index in [2.05, 4.69) is 11.4 Å². The molecule has 0 bridgehead atoms. The van der Waals surface area contributed by atoms with Crippen LogP contribution in [0.15, 0.2) is 24.3 Å². The average molecular weight is 220 g/mol. The zero-order chi connectivity index (χ0) is 11.6. The third-order valence-corrected chi connectivity index (χ3v) is 2.00. The molecule has 0 heterocycles. The Hall–Kier alpha value is -1.57. The summed E-state index contributed by atoms with van der Waals surface area (Å²) in [7, 11) is 1.65. The first kappa shape index (κ1) is 12.5. The molecule has 16 heavy (non-hydrogen) atoms. The summed E-state index contributed by atoms with van der Waals surface area (Å²) in [6.45, 7) is 2.57. The summed E-state index contributed by atoms with van der Waals surface area (Å²) in [5, 5.41) is 11.9. The highest BCUT2D eigenvalue weighted by atomic mass is 16.5. The van der Waals surface area contributed by atoms with E-state index >= 15 is 0 Å². The van der Waals surface area contributed by atoms with E-state index in [0.717, 1.165) is 12.2 Å². The smallest absolute Gasteiger partial charge is 0.0992 e. The molecule has 0 saturated carbocycles. The van der Waals surface area contributed by atoms with Crippen LogP contribution in [-0.2, 0) is 9.47 Å². The zero-order valence-electron chi connectivity index (χ0n) is 9.40. The highest BCUT2D eigenvalue weighted by molar-refractivity contribution is 5.48. The second kappa shape index (κ2) is 7.69. The molecule has 1 aromatic rings. The fourth-order valence-electron chi connectivity index (χ4n) is 1.21. The van der Waals surface area contributed by atoms with Crippen molar-refractivity contribution in [3.8, 4) is 6.07 Å². The molecule has 4 heteroatoms. The molecule has 0 fully saturated rings. The minimum Gasteiger partial charge on any atom is -0.383 e. The van der Waals surface area contributed by atoms with Crippen molar-refractivity contribution in [1.29, 1.82) is 5.26 Å². The van der Waals surface area contributed by atoms with Gasteiger partial charge in [-0.15, -0.1) is 0 Å². The molecule has 4 nitrogen and oxygen atoms in total. The molecule has 86 valence electrons. The first-order valence-corrected chi connectivity index (χ1v) is 5.17. The van der Waals surface area contributed by atoms with Crippen LogP contribution in [0, 0.1) is 11.3 Å². The maximum absolute atomic E-state index is 8.71. The lowest BCUT2D eigenvalue weighted by molar-refractivity contribution is 0.0759. The van der Waals surface area contributed by atoms with Crippen molar-refractivity contribution in [2.75, 3.05) is 38.8 Å². The van der Waals surface area contributed by atoms with E-state index in [9.17, 15) is 0 Å². The lowest BCUT2D eigenvalue weighted by Gasteiger charge is -2.07. The Bertz CT molecular complexity index is 347. The molecule has 0 aromatic heterocycles. The molecule has 0 spiro atoms. The van der Waals surface area contributed by atoms with Crippen molar-refractivity contribution < 1.29 is 9.47 Å². The van der Waals surface area contributed by atoms with E-state index in [4.69, 9.17) is 14.7 Å². The number of hydrogen-bond donors (Lipinski definition) is 1. The lowest BCUT2D eigenvalue weighted by Crippen LogP contribution is -2.11. The van der Waals surface area contributed by atoms with E-state index in [1.54, 1.807) is 13.2 Å². The van der Waals surface area contributed by atoms with Gasteiger partial charge in [0.1, 0.15) is 0 Å². The van der Waals surface area contributed by atoms with E-state index in [0.29, 0.717) is 25.4 Å². The normalized spacial score (nSPS) is 9.75. The summed E-state index contributed by atoms with van der Waals surface area (Å²) >= 11 is 0. The van der Waals surface area contributed by atoms with Crippen molar-refractivity contribution in [1.82, 2.24) is 0 Å². The second-order valence-electron chi connectivity index (χ2n) is 3.22. The van der Waals surface area contributed by atoms with Gasteiger partial charge in [0.15, 0.2) is 0 Å². The molecule has 0 radical (unpaired) electrons. The Morgan fingerprint density at radius 3 is 2.94 bits per heavy atom. The van der Waals surface area contributed by atoms with Crippen molar-refractivity contribution >= 4 is 5.69 Å². The number of anilines is 1. The third kappa shape index (κ3) is 4.78. The standard InChI is InChI=1S/C12H16N2O2/c1-15-7-8-16-6-5-14-12-4-2-3-11(9-12)10-13/h2-4,9,14H,5-8H2,1H3. The molecule has 1 aromatic carbocycles. The predicted molar refractivity (Wildman–Crippen MR) is 62.3 cm³/mol. The molecular weight excluding hydrogens is 204 g/mol. The Labute approximate surface area is 95.8 Å². The molecule has 0 aliphatic carbocycles. The fourth-order valence-corrected chi connectivity index (χ4v) is 1.21. The van der Waals surface area contributed by atoms with E-state index in [-0.39, 0.29) is 0 Å². The number of benzene rings is 1. The molecule has 0 aliphatic rings. The molecule has 0 saturated heterocycles. The van der Waals surface area contributed by atoms with Gasteiger partial charge in [0.25, 0.3) is 0 Å². The Balaban J connectivity index is 2.19. The summed E-state index contributed by atoms with van der Waals surface area (Å²) in [6.07, 6.45) is 0. The average Bonchev–Trinajstić information content (AvgIpc) is 2.34. The van der Waals surface area contributed by atoms with Gasteiger partial charge in [-0.3, -0.25) is 0 Å². The number of methoxy groups -OCH3 is 1. The van der Waals surface area contributed by atoms with Gasteiger partial charge in [0, 0.05) is 19.3 Å². The minimum atomic E-state index is 0.608. The first-order chi connectivity index (χ1) is 7.86. The molecule has 0 amide bonds. The quantitative estimate of drug-likeness (QED) is 0.710. The number of hydrogen-bond acceptors (Lipinski definition) is 4. The number of nitrogens with one attached hydrogen (secondary N) is 1. The topological polar surface area (TPSA) is 54.3 Å². The molecule has 0 atom stereocenters. The molecule has 1 N–H and O–H groups in total. The van der Waals surface area contributed by atoms with Gasteiger partial charge in [0.2, 0.25) is 0 Å². The van der Waals surface area contributed by atoms with Crippen molar-refractivity contribution in [2.45, 2.75) is 0 Å². The highest BCUT2D eigenvalue weighted by Crippen LogP contribution is 2.08. The first-order valence-electron chi connectivity index (χ1n) is 5.17. The van der Waals surface area contributed by atoms with Crippen LogP contribution < -0.4 is 5.32 Å². The Morgan fingerprint density at radius 1 is 1.31 bits per heavy atom. The Kier molecular flexibility index (Phi) is 6.00. The van der Waals surface area contributed by atoms with Gasteiger partial charge in [0.05, 0.1) is 31.5 Å². The van der Waals surface area contributed by atoms with Gasteiger partial charge in [-0.05, 0) is 18.2 Å². The van der Waals surface area contributed by atoms with Gasteiger partial charge in [-0.1, -0.05) is 6.07 Å². The third-order valence-electron chi connectivity index (χ3n) is 2.00. The van der Waals surface area contributed by atoms with Crippen LogP contribution in [0.1, 0.15) is 5.56 Å². The van der Waals surface area contributed by atoms with Crippen LogP contribution in [0.2, 0.25) is 0 Å². The summed E-state index contributed by atoms with van der Waals surface area (Å²) in [6, 6.07) is 9.47. The SMILES string of the molecule is COCCOCCNc1cccc(C#N)c1. The second-order valence-corrected chi connectivity index (χ2v) is 3.22. The Morgan fingerprint density at radius 2 is 2.19 bits per heavy atom. The highest BCUT2D eigenvalue weighted by Gasteiger charge is 1.94. The molecule has 0 aliphatic heterocycles. The largest absolute Gasteiger partial charge is 0.383 e. The minimum absolute atomic E-state index is 0.608. The monoisotopic (exact) mass is 220 g/mol. The zero-order valence-corrected chi connectivity index (χ0v) is 9.40. The summed E-state index contributed by atoms with van der Waals surface area (Å²) in [5.41, 5.74) is 1.60. The van der Waals surface area contributed by atoms with Crippen LogP contribution in [0.25, 0.3) is 0 Å². The number of nitrogens with zero attached hydrogens (tertiary/aromatic N) is 1. The maximum Gasteiger partial charge on any atom is 0.0992 e. The maximum atomic E-state index is 8.71. The van der Waals surface area contributed by atoms with Crippen molar-refractivity contribution in [2.24, 2.45) is 0 Å². The van der Waals surface area contributed by atoms with Crippen LogP contribution in [0.3, 0.4) is 0 Å². The van der Waals surface area contributed by atoms with Crippen LogP contribution >= 0.6 is 0 Å². The predicted octanol–water partition coefficient (Wildman–Crippen LogP) is 1.63. The van der Waals surface area contributed by atoms with Crippen molar-refractivity contribution in [3.63, 3.8) is 0 Å². The van der Waals surface area contributed by atoms with Crippen LogP contribution in [0.4, 0.5) is 5.69 Å². The number of ether oxygens (including phenoxy) is 2. The van der Waals surface area contributed by atoms with Crippen molar-refractivity contribution in [3.05, 3.63) is 29.8 Å². The molecule has 0 unspecified atom stereocenters. The summed E-state index contributed by atoms with van der Waals surface area (Å²) < 4.78 is 10.2. The van der Waals surface area contributed by atoms with Gasteiger partial charge in [-0.25, -0.2) is 0 Å². The number of nitriles is 1. The molecule has 1 rings (SSSR count). The van der Waals surface area contributed by atoms with E-state index < -0.39 is 0 Å². The summed E-state index contributed by atoms with van der Waals surface area (Å²) in [4.78, 5) is 0. The lowest BCUT2D eigenvalue weighted by atomic mass is 10.2. The fraction of sp³-hybridized carbons (Fsp3) is 0.417. The molecular formula is C12H16N2O2. The van der Waals surface area contributed by atoms with E-state index in [1.807, 2.05) is 18.2 Å². The summed E-state index contributed by atoms with van der Waals surface area (Å²) in [5.74, 6) is 0. The van der Waals surface area contributed by atoms with E-state index in [1.165, 1.54) is 0 Å². The van der Waals surface area contributed by atoms with Crippen LogP contribution in [0.5, 0.6) is 0 Å². The van der Waals surface area contributed by atoms with Gasteiger partial charge < -0.3 is 14.8 Å². The van der Waals surface area contributed by atoms with Crippen LogP contribution in [-0.4, -0.2) is 33.5 Å². The number of rotatable bonds is 7. The van der Waals surface area contributed by atoms with Gasteiger partial charge in [-0.2, -0.15) is 5.26 Å².